The third-order valence-corrected chi connectivity index (χ3v) is 2.51. The number of halogens is 7. The fourth-order valence-corrected chi connectivity index (χ4v) is 1.45. The van der Waals surface area contributed by atoms with Gasteiger partial charge < -0.3 is 0 Å². The van der Waals surface area contributed by atoms with Crippen molar-refractivity contribution in [2.45, 2.75) is 31.4 Å². The van der Waals surface area contributed by atoms with Crippen LogP contribution < -0.4 is 0 Å². The van der Waals surface area contributed by atoms with Crippen LogP contribution in [0.3, 0.4) is 0 Å². The van der Waals surface area contributed by atoms with E-state index in [1.807, 2.05) is 0 Å². The van der Waals surface area contributed by atoms with E-state index in [-0.39, 0.29) is 0 Å². The van der Waals surface area contributed by atoms with Crippen LogP contribution in [0.15, 0.2) is 24.3 Å². The van der Waals surface area contributed by atoms with E-state index in [1.165, 1.54) is 0 Å². The van der Waals surface area contributed by atoms with Gasteiger partial charge in [0.15, 0.2) is 0 Å². The zero-order valence-corrected chi connectivity index (χ0v) is 9.74. The monoisotopic (exact) mass is 287 g/mol. The lowest BCUT2D eigenvalue weighted by atomic mass is 9.99. The lowest BCUT2D eigenvalue weighted by Crippen LogP contribution is -2.50. The molecule has 0 heterocycles. The normalized spacial score (nSPS) is 13.7. The maximum atomic E-state index is 13.3. The number of hydrogen-bond acceptors (Lipinski definition) is 0. The molecular formula is C12H10F7. The van der Waals surface area contributed by atoms with Gasteiger partial charge in [0.1, 0.15) is 0 Å². The molecule has 0 spiro atoms. The van der Waals surface area contributed by atoms with Gasteiger partial charge in [-0.2, -0.15) is 30.7 Å². The maximum absolute atomic E-state index is 13.3. The van der Waals surface area contributed by atoms with E-state index >= 15 is 0 Å². The molecule has 0 aliphatic rings. The topological polar surface area (TPSA) is 0 Å². The van der Waals surface area contributed by atoms with E-state index in [4.69, 9.17) is 0 Å². The Balaban J connectivity index is 3.13. The van der Waals surface area contributed by atoms with Crippen molar-refractivity contribution in [3.8, 4) is 0 Å². The molecule has 0 atom stereocenters. The molecule has 1 aromatic rings. The van der Waals surface area contributed by atoms with Crippen molar-refractivity contribution in [1.82, 2.24) is 0 Å². The zero-order valence-electron chi connectivity index (χ0n) is 9.74. The van der Waals surface area contributed by atoms with E-state index in [2.05, 4.69) is 0 Å². The summed E-state index contributed by atoms with van der Waals surface area (Å²) in [5.74, 6) is -11.4. The van der Waals surface area contributed by atoms with Crippen LogP contribution in [-0.4, -0.2) is 12.1 Å². The van der Waals surface area contributed by atoms with Gasteiger partial charge in [0.05, 0.1) is 0 Å². The van der Waals surface area contributed by atoms with E-state index in [9.17, 15) is 30.7 Å². The molecule has 0 fully saturated rings. The first-order chi connectivity index (χ1) is 8.54. The highest BCUT2D eigenvalue weighted by Gasteiger charge is 2.73. The first-order valence-electron chi connectivity index (χ1n) is 5.23. The molecule has 1 radical (unpaired) electrons. The van der Waals surface area contributed by atoms with Crippen molar-refractivity contribution in [3.05, 3.63) is 41.8 Å². The minimum Gasteiger partial charge on any atom is -0.194 e. The van der Waals surface area contributed by atoms with Gasteiger partial charge in [-0.1, -0.05) is 31.2 Å². The molecule has 1 aromatic carbocycles. The second-order valence-electron chi connectivity index (χ2n) is 3.96. The van der Waals surface area contributed by atoms with Crippen molar-refractivity contribution in [3.63, 3.8) is 0 Å². The Morgan fingerprint density at radius 2 is 1.37 bits per heavy atom. The first-order valence-corrected chi connectivity index (χ1v) is 5.23. The average Bonchev–Trinajstić information content (AvgIpc) is 2.28. The quantitative estimate of drug-likeness (QED) is 0.701. The van der Waals surface area contributed by atoms with Gasteiger partial charge in [0.25, 0.3) is 0 Å². The van der Waals surface area contributed by atoms with Crippen LogP contribution in [0.2, 0.25) is 0 Å². The van der Waals surface area contributed by atoms with Crippen molar-refractivity contribution in [2.24, 2.45) is 0 Å². The summed E-state index contributed by atoms with van der Waals surface area (Å²) < 4.78 is 88.0. The fourth-order valence-electron chi connectivity index (χ4n) is 1.45. The predicted octanol–water partition coefficient (Wildman–Crippen LogP) is 4.74. The Labute approximate surface area is 105 Å². The standard InChI is InChI=1S/C12H10F7/c1-2-3-8-4-6-9(7-5-8)10(13,14)11(15,16)12(17,18)19/h2,4-7H,3H2,1H3. The van der Waals surface area contributed by atoms with E-state index in [0.717, 1.165) is 12.1 Å². The SMILES string of the molecule is C[CH]Cc1ccc(C(F)(F)C(F)(F)C(F)(F)F)cc1. The van der Waals surface area contributed by atoms with Crippen LogP contribution in [0.25, 0.3) is 0 Å². The zero-order chi connectivity index (χ0) is 14.9. The molecule has 19 heavy (non-hydrogen) atoms. The third kappa shape index (κ3) is 2.84. The minimum atomic E-state index is -6.31. The van der Waals surface area contributed by atoms with Crippen molar-refractivity contribution >= 4 is 0 Å². The highest BCUT2D eigenvalue weighted by atomic mass is 19.4. The number of benzene rings is 1. The molecule has 0 saturated heterocycles. The van der Waals surface area contributed by atoms with E-state index in [0.29, 0.717) is 24.1 Å². The maximum Gasteiger partial charge on any atom is 0.460 e. The summed E-state index contributed by atoms with van der Waals surface area (Å²) in [4.78, 5) is 0. The summed E-state index contributed by atoms with van der Waals surface area (Å²) in [5, 5.41) is 0. The highest BCUT2D eigenvalue weighted by molar-refractivity contribution is 5.28. The first kappa shape index (κ1) is 15.8. The predicted molar refractivity (Wildman–Crippen MR) is 55.0 cm³/mol. The van der Waals surface area contributed by atoms with Gasteiger partial charge in [-0.25, -0.2) is 0 Å². The van der Waals surface area contributed by atoms with Crippen LogP contribution in [0.5, 0.6) is 0 Å². The van der Waals surface area contributed by atoms with Crippen LogP contribution >= 0.6 is 0 Å². The molecule has 0 aromatic heterocycles. The van der Waals surface area contributed by atoms with Crippen molar-refractivity contribution in [1.29, 1.82) is 0 Å². The molecular weight excluding hydrogens is 277 g/mol. The minimum absolute atomic E-state index is 0.404. The Bertz CT molecular complexity index is 417. The van der Waals surface area contributed by atoms with Gasteiger partial charge in [0, 0.05) is 5.56 Å². The molecule has 0 amide bonds. The summed E-state index contributed by atoms with van der Waals surface area (Å²) in [6, 6.07) is 3.35. The molecule has 7 heteroatoms. The van der Waals surface area contributed by atoms with Gasteiger partial charge in [0.2, 0.25) is 0 Å². The Kier molecular flexibility index (Phi) is 4.17. The van der Waals surface area contributed by atoms with Crippen molar-refractivity contribution < 1.29 is 30.7 Å². The van der Waals surface area contributed by atoms with Gasteiger partial charge in [-0.05, 0) is 18.4 Å². The number of hydrogen-bond donors (Lipinski definition) is 0. The van der Waals surface area contributed by atoms with Crippen LogP contribution in [0.1, 0.15) is 18.1 Å². The Morgan fingerprint density at radius 3 is 1.74 bits per heavy atom. The summed E-state index contributed by atoms with van der Waals surface area (Å²) in [5.41, 5.74) is -0.827. The van der Waals surface area contributed by atoms with E-state index in [1.54, 1.807) is 13.3 Å². The van der Waals surface area contributed by atoms with Gasteiger partial charge in [-0.15, -0.1) is 0 Å². The smallest absolute Gasteiger partial charge is 0.194 e. The number of alkyl halides is 7. The summed E-state index contributed by atoms with van der Waals surface area (Å²) in [7, 11) is 0. The lowest BCUT2D eigenvalue weighted by Gasteiger charge is -2.28. The third-order valence-electron chi connectivity index (χ3n) is 2.51. The molecule has 107 valence electrons. The lowest BCUT2D eigenvalue weighted by molar-refractivity contribution is -0.359. The van der Waals surface area contributed by atoms with Crippen LogP contribution in [0, 0.1) is 6.42 Å². The summed E-state index contributed by atoms with van der Waals surface area (Å²) in [6.45, 7) is 1.69. The van der Waals surface area contributed by atoms with Crippen LogP contribution in [-0.2, 0) is 12.3 Å². The Morgan fingerprint density at radius 1 is 0.895 bits per heavy atom. The molecule has 1 rings (SSSR count). The molecule has 0 aliphatic carbocycles. The molecule has 0 bridgehead atoms. The second kappa shape index (κ2) is 5.02. The Hall–Kier alpha value is -1.27. The summed E-state index contributed by atoms with van der Waals surface area (Å²) >= 11 is 0. The number of rotatable bonds is 4. The van der Waals surface area contributed by atoms with Gasteiger partial charge >= 0.3 is 18.0 Å². The summed E-state index contributed by atoms with van der Waals surface area (Å²) in [6.07, 6.45) is -4.22. The highest BCUT2D eigenvalue weighted by Crippen LogP contribution is 2.51. The second-order valence-corrected chi connectivity index (χ2v) is 3.96. The average molecular weight is 287 g/mol. The molecule has 0 aliphatic heterocycles. The largest absolute Gasteiger partial charge is 0.460 e. The van der Waals surface area contributed by atoms with Gasteiger partial charge in [-0.3, -0.25) is 0 Å². The van der Waals surface area contributed by atoms with Crippen LogP contribution in [0.4, 0.5) is 30.7 Å². The molecule has 0 saturated carbocycles. The van der Waals surface area contributed by atoms with E-state index < -0.39 is 23.6 Å². The van der Waals surface area contributed by atoms with Crippen molar-refractivity contribution in [2.75, 3.05) is 0 Å². The molecule has 0 N–H and O–H groups in total. The molecule has 0 unspecified atom stereocenters. The fraction of sp³-hybridized carbons (Fsp3) is 0.417. The molecule has 0 nitrogen and oxygen atoms in total.